The van der Waals surface area contributed by atoms with Gasteiger partial charge in [-0.3, -0.25) is 4.90 Å². The van der Waals surface area contributed by atoms with Crippen LogP contribution in [0.4, 0.5) is 23.7 Å². The summed E-state index contributed by atoms with van der Waals surface area (Å²) in [6.45, 7) is 4.46. The first kappa shape index (κ1) is 24.4. The second kappa shape index (κ2) is 10.1. The van der Waals surface area contributed by atoms with E-state index in [1.54, 1.807) is 29.2 Å². The average molecular weight is 466 g/mol. The minimum atomic E-state index is -4.85. The van der Waals surface area contributed by atoms with E-state index in [0.717, 1.165) is 0 Å². The van der Waals surface area contributed by atoms with E-state index < -0.39 is 18.1 Å². The van der Waals surface area contributed by atoms with Gasteiger partial charge >= 0.3 is 18.4 Å². The van der Waals surface area contributed by atoms with Gasteiger partial charge in [-0.05, 0) is 43.7 Å². The maximum absolute atomic E-state index is 13.5. The van der Waals surface area contributed by atoms with Gasteiger partial charge in [0.25, 0.3) is 0 Å². The molecule has 2 atom stereocenters. The number of amides is 2. The molecular weight excluding hydrogens is 441 g/mol. The van der Waals surface area contributed by atoms with Crippen LogP contribution in [0.3, 0.4) is 0 Å². The van der Waals surface area contributed by atoms with Crippen LogP contribution >= 0.6 is 0 Å². The molecule has 0 saturated carbocycles. The lowest BCUT2D eigenvalue weighted by atomic mass is 10.1. The number of carbonyl (C=O) groups excluding carboxylic acids is 2. The molecule has 0 radical (unpaired) electrons. The fourth-order valence-corrected chi connectivity index (χ4v) is 3.67. The molecule has 1 aliphatic rings. The second-order valence-electron chi connectivity index (χ2n) is 7.76. The Morgan fingerprint density at radius 1 is 1.09 bits per heavy atom. The van der Waals surface area contributed by atoms with Crippen molar-refractivity contribution in [2.45, 2.75) is 39.0 Å². The van der Waals surface area contributed by atoms with Gasteiger partial charge in [-0.1, -0.05) is 18.2 Å². The van der Waals surface area contributed by atoms with Crippen molar-refractivity contribution < 1.29 is 37.0 Å². The monoisotopic (exact) mass is 466 g/mol. The minimum absolute atomic E-state index is 0.0654. The molecule has 1 aliphatic heterocycles. The van der Waals surface area contributed by atoms with Crippen LogP contribution in [0.25, 0.3) is 0 Å². The summed E-state index contributed by atoms with van der Waals surface area (Å²) in [4.78, 5) is 28.1. The number of anilines is 1. The molecule has 2 unspecified atom stereocenters. The summed E-state index contributed by atoms with van der Waals surface area (Å²) in [5, 5.41) is 0. The topological polar surface area (TPSA) is 68.3 Å². The fourth-order valence-electron chi connectivity index (χ4n) is 3.67. The van der Waals surface area contributed by atoms with E-state index in [-0.39, 0.29) is 30.5 Å². The van der Waals surface area contributed by atoms with Gasteiger partial charge < -0.3 is 19.1 Å². The molecule has 0 N–H and O–H groups in total. The van der Waals surface area contributed by atoms with Gasteiger partial charge in [0.1, 0.15) is 5.75 Å². The first-order chi connectivity index (χ1) is 15.6. The fraction of sp³-hybridized carbons (Fsp3) is 0.391. The summed E-state index contributed by atoms with van der Waals surface area (Å²) < 4.78 is 52.6. The number of urea groups is 1. The second-order valence-corrected chi connectivity index (χ2v) is 7.76. The van der Waals surface area contributed by atoms with Crippen molar-refractivity contribution in [3.63, 3.8) is 0 Å². The number of morpholine rings is 1. The number of esters is 1. The standard InChI is InChI=1S/C23H25F3N2O5/c1-15-12-27(13-16(2)32-15)22(30)28(14-17-7-9-18(10-8-17)21(29)31-3)19-5-4-6-20(11-19)33-23(24,25)26/h4-11,15-16H,12-14H2,1-3H3. The van der Waals surface area contributed by atoms with E-state index in [1.165, 1.54) is 36.3 Å². The summed E-state index contributed by atoms with van der Waals surface area (Å²) in [5.41, 5.74) is 1.26. The zero-order chi connectivity index (χ0) is 24.2. The van der Waals surface area contributed by atoms with Crippen LogP contribution in [-0.4, -0.2) is 55.7 Å². The zero-order valence-corrected chi connectivity index (χ0v) is 18.5. The lowest BCUT2D eigenvalue weighted by molar-refractivity contribution is -0.274. The molecule has 33 heavy (non-hydrogen) atoms. The van der Waals surface area contributed by atoms with Crippen molar-refractivity contribution in [1.29, 1.82) is 0 Å². The number of methoxy groups -OCH3 is 1. The van der Waals surface area contributed by atoms with Crippen LogP contribution in [0.5, 0.6) is 5.75 Å². The van der Waals surface area contributed by atoms with Crippen LogP contribution < -0.4 is 9.64 Å². The number of halogens is 3. The van der Waals surface area contributed by atoms with Gasteiger partial charge in [-0.15, -0.1) is 13.2 Å². The molecule has 178 valence electrons. The summed E-state index contributed by atoms with van der Waals surface area (Å²) >= 11 is 0. The predicted molar refractivity (Wildman–Crippen MR) is 114 cm³/mol. The molecule has 0 aromatic heterocycles. The number of alkyl halides is 3. The molecule has 7 nitrogen and oxygen atoms in total. The summed E-state index contributed by atoms with van der Waals surface area (Å²) in [5.74, 6) is -0.926. The maximum Gasteiger partial charge on any atom is 0.573 e. The highest BCUT2D eigenvalue weighted by Gasteiger charge is 2.33. The predicted octanol–water partition coefficient (Wildman–Crippen LogP) is 4.61. The minimum Gasteiger partial charge on any atom is -0.465 e. The first-order valence-corrected chi connectivity index (χ1v) is 10.3. The molecule has 1 fully saturated rings. The lowest BCUT2D eigenvalue weighted by Crippen LogP contribution is -2.52. The van der Waals surface area contributed by atoms with Gasteiger partial charge in [0.05, 0.1) is 31.4 Å². The Kier molecular flexibility index (Phi) is 7.47. The Morgan fingerprint density at radius 2 is 1.73 bits per heavy atom. The van der Waals surface area contributed by atoms with Crippen molar-refractivity contribution in [2.24, 2.45) is 0 Å². The van der Waals surface area contributed by atoms with Gasteiger partial charge in [-0.2, -0.15) is 0 Å². The van der Waals surface area contributed by atoms with E-state index in [2.05, 4.69) is 9.47 Å². The Morgan fingerprint density at radius 3 is 2.30 bits per heavy atom. The molecule has 0 aliphatic carbocycles. The largest absolute Gasteiger partial charge is 0.573 e. The van der Waals surface area contributed by atoms with Crippen molar-refractivity contribution in [3.05, 3.63) is 59.7 Å². The molecule has 2 aromatic carbocycles. The molecule has 3 rings (SSSR count). The number of rotatable bonds is 5. The molecule has 0 bridgehead atoms. The van der Waals surface area contributed by atoms with Crippen molar-refractivity contribution in [2.75, 3.05) is 25.1 Å². The van der Waals surface area contributed by atoms with Crippen molar-refractivity contribution in [1.82, 2.24) is 4.90 Å². The number of benzene rings is 2. The highest BCUT2D eigenvalue weighted by atomic mass is 19.4. The van der Waals surface area contributed by atoms with Crippen LogP contribution in [-0.2, 0) is 16.0 Å². The van der Waals surface area contributed by atoms with Crippen LogP contribution in [0.2, 0.25) is 0 Å². The lowest BCUT2D eigenvalue weighted by Gasteiger charge is -2.38. The number of ether oxygens (including phenoxy) is 3. The Bertz CT molecular complexity index is 971. The van der Waals surface area contributed by atoms with E-state index in [1.807, 2.05) is 13.8 Å². The summed E-state index contributed by atoms with van der Waals surface area (Å²) in [6.07, 6.45) is -5.22. The summed E-state index contributed by atoms with van der Waals surface area (Å²) in [6, 6.07) is 11.3. The van der Waals surface area contributed by atoms with Crippen molar-refractivity contribution >= 4 is 17.7 Å². The molecule has 10 heteroatoms. The number of carbonyl (C=O) groups is 2. The Hall–Kier alpha value is -3.27. The molecule has 2 amide bonds. The van der Waals surface area contributed by atoms with Crippen LogP contribution in [0.1, 0.15) is 29.8 Å². The third-order valence-corrected chi connectivity index (χ3v) is 5.00. The average Bonchev–Trinajstić information content (AvgIpc) is 2.75. The molecule has 1 saturated heterocycles. The van der Waals surface area contributed by atoms with E-state index in [4.69, 9.17) is 4.74 Å². The number of nitrogens with zero attached hydrogens (tertiary/aromatic N) is 2. The van der Waals surface area contributed by atoms with Crippen molar-refractivity contribution in [3.8, 4) is 5.75 Å². The maximum atomic E-state index is 13.5. The van der Waals surface area contributed by atoms with E-state index in [0.29, 0.717) is 24.2 Å². The zero-order valence-electron chi connectivity index (χ0n) is 18.5. The molecular formula is C23H25F3N2O5. The number of hydrogen-bond donors (Lipinski definition) is 0. The molecule has 0 spiro atoms. The molecule has 2 aromatic rings. The van der Waals surface area contributed by atoms with Crippen LogP contribution in [0.15, 0.2) is 48.5 Å². The third kappa shape index (κ3) is 6.61. The van der Waals surface area contributed by atoms with E-state index >= 15 is 0 Å². The van der Waals surface area contributed by atoms with Gasteiger partial charge in [0.15, 0.2) is 0 Å². The Balaban J connectivity index is 1.92. The van der Waals surface area contributed by atoms with E-state index in [9.17, 15) is 22.8 Å². The first-order valence-electron chi connectivity index (χ1n) is 10.3. The summed E-state index contributed by atoms with van der Waals surface area (Å²) in [7, 11) is 1.27. The Labute approximate surface area is 189 Å². The highest BCUT2D eigenvalue weighted by molar-refractivity contribution is 5.92. The smallest absolute Gasteiger partial charge is 0.465 e. The van der Waals surface area contributed by atoms with Gasteiger partial charge in [0.2, 0.25) is 0 Å². The number of hydrogen-bond acceptors (Lipinski definition) is 5. The quantitative estimate of drug-likeness (QED) is 0.602. The van der Waals surface area contributed by atoms with Gasteiger partial charge in [0, 0.05) is 24.8 Å². The SMILES string of the molecule is COC(=O)c1ccc(CN(C(=O)N2CC(C)OC(C)C2)c2cccc(OC(F)(F)F)c2)cc1. The van der Waals surface area contributed by atoms with Gasteiger partial charge in [-0.25, -0.2) is 9.59 Å². The normalized spacial score (nSPS) is 18.5. The molecule has 1 heterocycles. The van der Waals surface area contributed by atoms with Crippen LogP contribution in [0, 0.1) is 0 Å². The highest BCUT2D eigenvalue weighted by Crippen LogP contribution is 2.29. The third-order valence-electron chi connectivity index (χ3n) is 5.00.